The van der Waals surface area contributed by atoms with Crippen LogP contribution in [0, 0.1) is 0 Å². The zero-order chi connectivity index (χ0) is 22.1. The predicted octanol–water partition coefficient (Wildman–Crippen LogP) is 4.68. The van der Waals surface area contributed by atoms with E-state index in [2.05, 4.69) is 13.5 Å². The van der Waals surface area contributed by atoms with Crippen molar-refractivity contribution in [3.8, 4) is 5.75 Å². The van der Waals surface area contributed by atoms with Gasteiger partial charge in [0, 0.05) is 16.7 Å². The van der Waals surface area contributed by atoms with E-state index >= 15 is 0 Å². The summed E-state index contributed by atoms with van der Waals surface area (Å²) in [5, 5.41) is 8.87. The highest BCUT2D eigenvalue weighted by molar-refractivity contribution is 5.97. The largest absolute Gasteiger partial charge is 0.499 e. The summed E-state index contributed by atoms with van der Waals surface area (Å²) in [6, 6.07) is 7.64. The molecule has 1 N–H and O–H groups in total. The Kier molecular flexibility index (Phi) is 7.68. The number of allylic oxidation sites excluding steroid dienone is 5. The van der Waals surface area contributed by atoms with Gasteiger partial charge in [-0.1, -0.05) is 56.0 Å². The average molecular weight is 421 g/mol. The molecule has 1 unspecified atom stereocenters. The van der Waals surface area contributed by atoms with E-state index in [0.29, 0.717) is 24.2 Å². The van der Waals surface area contributed by atoms with E-state index in [-0.39, 0.29) is 19.2 Å². The van der Waals surface area contributed by atoms with Gasteiger partial charge in [0.1, 0.15) is 12.4 Å². The molecule has 1 atom stereocenters. The van der Waals surface area contributed by atoms with Crippen molar-refractivity contribution in [1.29, 1.82) is 0 Å². The molecule has 1 aromatic carbocycles. The number of ether oxygens (including phenoxy) is 3. The van der Waals surface area contributed by atoms with E-state index in [9.17, 15) is 4.79 Å². The third kappa shape index (κ3) is 4.72. The molecule has 0 amide bonds. The van der Waals surface area contributed by atoms with Gasteiger partial charge >= 0.3 is 5.97 Å². The van der Waals surface area contributed by atoms with Crippen LogP contribution < -0.4 is 4.74 Å². The van der Waals surface area contributed by atoms with Gasteiger partial charge in [0.25, 0.3) is 0 Å². The zero-order valence-electron chi connectivity index (χ0n) is 17.8. The minimum atomic E-state index is -1.10. The molecular weight excluding hydrogens is 392 g/mol. The quantitative estimate of drug-likeness (QED) is 0.258. The van der Waals surface area contributed by atoms with Crippen molar-refractivity contribution in [3.05, 3.63) is 102 Å². The summed E-state index contributed by atoms with van der Waals surface area (Å²) in [6.07, 6.45) is 15.8. The van der Waals surface area contributed by atoms with Crippen molar-refractivity contribution in [1.82, 2.24) is 0 Å². The molecule has 0 fully saturated rings. The number of benzene rings is 1. The third-order valence-electron chi connectivity index (χ3n) is 5.07. The summed E-state index contributed by atoms with van der Waals surface area (Å²) >= 11 is 0. The lowest BCUT2D eigenvalue weighted by molar-refractivity contribution is -0.144. The lowest BCUT2D eigenvalue weighted by atomic mass is 9.77. The summed E-state index contributed by atoms with van der Waals surface area (Å²) in [4.78, 5) is 12.9. The van der Waals surface area contributed by atoms with Crippen LogP contribution in [0.1, 0.15) is 25.3 Å². The van der Waals surface area contributed by atoms with Crippen LogP contribution in [0.5, 0.6) is 5.75 Å². The van der Waals surface area contributed by atoms with Crippen molar-refractivity contribution in [2.45, 2.75) is 25.4 Å². The summed E-state index contributed by atoms with van der Waals surface area (Å²) in [6.45, 7) is 6.82. The molecule has 0 bridgehead atoms. The van der Waals surface area contributed by atoms with E-state index in [1.807, 2.05) is 48.6 Å². The Hall–Kier alpha value is -3.31. The first-order valence-corrected chi connectivity index (χ1v) is 10.4. The van der Waals surface area contributed by atoms with Crippen molar-refractivity contribution < 1.29 is 24.1 Å². The molecule has 1 aromatic rings. The smallest absolute Gasteiger partial charge is 0.339 e. The van der Waals surface area contributed by atoms with E-state index in [1.165, 1.54) is 6.26 Å². The second kappa shape index (κ2) is 10.6. The first-order chi connectivity index (χ1) is 15.2. The fraction of sp³-hybridized carbons (Fsp3) is 0.269. The Bertz CT molecular complexity index is 947. The topological polar surface area (TPSA) is 65.0 Å². The first kappa shape index (κ1) is 22.4. The summed E-state index contributed by atoms with van der Waals surface area (Å²) in [7, 11) is 0. The second-order valence-corrected chi connectivity index (χ2v) is 7.08. The van der Waals surface area contributed by atoms with Crippen LogP contribution in [0.3, 0.4) is 0 Å². The van der Waals surface area contributed by atoms with Gasteiger partial charge in [-0.25, -0.2) is 4.79 Å². The molecule has 1 aliphatic heterocycles. The lowest BCUT2D eigenvalue weighted by Crippen LogP contribution is -2.31. The minimum absolute atomic E-state index is 0.0642. The molecule has 0 aromatic heterocycles. The maximum atomic E-state index is 12.9. The number of aliphatic hydroxyl groups is 1. The van der Waals surface area contributed by atoms with Crippen LogP contribution in [-0.4, -0.2) is 30.9 Å². The standard InChI is InChI=1S/C26H28O5/c1-3-17-30-22-14-12-21(13-15-22)26(20(4-2)9-8-18-29-19-16-27)24-11-7-5-6-10-23(24)25(28)31-26/h4-10,12-15,18,27H,2-3,11,16-17,19H2,1H3/b18-8+,20-9+. The van der Waals surface area contributed by atoms with Gasteiger partial charge in [-0.05, 0) is 37.1 Å². The van der Waals surface area contributed by atoms with Crippen LogP contribution in [0.25, 0.3) is 0 Å². The molecule has 1 heterocycles. The number of carbonyl (C=O) groups is 1. The van der Waals surface area contributed by atoms with Gasteiger partial charge in [0.05, 0.1) is 25.0 Å². The minimum Gasteiger partial charge on any atom is -0.499 e. The maximum Gasteiger partial charge on any atom is 0.339 e. The number of rotatable bonds is 10. The maximum absolute atomic E-state index is 12.9. The molecule has 162 valence electrons. The fourth-order valence-corrected chi connectivity index (χ4v) is 3.69. The Morgan fingerprint density at radius 3 is 2.77 bits per heavy atom. The normalized spacial score (nSPS) is 20.6. The Balaban J connectivity index is 2.09. The van der Waals surface area contributed by atoms with E-state index in [0.717, 1.165) is 23.3 Å². The molecule has 31 heavy (non-hydrogen) atoms. The number of esters is 1. The molecule has 0 radical (unpaired) electrons. The third-order valence-corrected chi connectivity index (χ3v) is 5.07. The highest BCUT2D eigenvalue weighted by Gasteiger charge is 2.49. The van der Waals surface area contributed by atoms with Gasteiger partial charge in [-0.15, -0.1) is 0 Å². The lowest BCUT2D eigenvalue weighted by Gasteiger charge is -2.33. The van der Waals surface area contributed by atoms with Crippen LogP contribution in [-0.2, 0) is 19.9 Å². The molecular formula is C26H28O5. The molecule has 5 nitrogen and oxygen atoms in total. The molecule has 5 heteroatoms. The fourth-order valence-electron chi connectivity index (χ4n) is 3.69. The molecule has 0 spiro atoms. The Labute approximate surface area is 183 Å². The van der Waals surface area contributed by atoms with E-state index < -0.39 is 5.60 Å². The van der Waals surface area contributed by atoms with Gasteiger partial charge in [0.2, 0.25) is 0 Å². The van der Waals surface area contributed by atoms with Crippen LogP contribution in [0.4, 0.5) is 0 Å². The highest BCUT2D eigenvalue weighted by Crippen LogP contribution is 2.49. The van der Waals surface area contributed by atoms with Gasteiger partial charge in [-0.2, -0.15) is 0 Å². The van der Waals surface area contributed by atoms with E-state index in [4.69, 9.17) is 19.3 Å². The number of hydrogen-bond acceptors (Lipinski definition) is 5. The summed E-state index contributed by atoms with van der Waals surface area (Å²) in [5.41, 5.74) is 1.85. The van der Waals surface area contributed by atoms with Gasteiger partial charge in [0.15, 0.2) is 5.60 Å². The Morgan fingerprint density at radius 1 is 1.26 bits per heavy atom. The molecule has 2 aliphatic rings. The van der Waals surface area contributed by atoms with Crippen molar-refractivity contribution in [2.24, 2.45) is 0 Å². The second-order valence-electron chi connectivity index (χ2n) is 7.08. The SMILES string of the molecule is C=C/C(=C\C=C\OCCO)C1(c2ccc(OCCC)cc2)OC(=O)C2=C1CC=CC=C2. The zero-order valence-corrected chi connectivity index (χ0v) is 17.8. The van der Waals surface area contributed by atoms with Gasteiger partial charge < -0.3 is 19.3 Å². The number of carbonyl (C=O) groups excluding carboxylic acids is 1. The molecule has 0 saturated heterocycles. The van der Waals surface area contributed by atoms with Crippen LogP contribution in [0.15, 0.2) is 96.4 Å². The highest BCUT2D eigenvalue weighted by atomic mass is 16.6. The van der Waals surface area contributed by atoms with Crippen LogP contribution >= 0.6 is 0 Å². The Morgan fingerprint density at radius 2 is 2.06 bits per heavy atom. The number of aliphatic hydroxyl groups excluding tert-OH is 1. The summed E-state index contributed by atoms with van der Waals surface area (Å²) in [5.74, 6) is 0.399. The molecule has 3 rings (SSSR count). The van der Waals surface area contributed by atoms with Crippen molar-refractivity contribution in [2.75, 3.05) is 19.8 Å². The number of hydrogen-bond donors (Lipinski definition) is 1. The van der Waals surface area contributed by atoms with Crippen LogP contribution in [0.2, 0.25) is 0 Å². The molecule has 0 saturated carbocycles. The number of cyclic esters (lactones) is 1. The average Bonchev–Trinajstić information content (AvgIpc) is 2.94. The van der Waals surface area contributed by atoms with Crippen molar-refractivity contribution >= 4 is 5.97 Å². The van der Waals surface area contributed by atoms with E-state index in [1.54, 1.807) is 18.2 Å². The van der Waals surface area contributed by atoms with Crippen molar-refractivity contribution in [3.63, 3.8) is 0 Å². The molecule has 1 aliphatic carbocycles. The summed E-state index contributed by atoms with van der Waals surface area (Å²) < 4.78 is 17.0. The first-order valence-electron chi connectivity index (χ1n) is 10.4. The van der Waals surface area contributed by atoms with Gasteiger partial charge in [-0.3, -0.25) is 0 Å². The monoisotopic (exact) mass is 420 g/mol. The predicted molar refractivity (Wildman–Crippen MR) is 120 cm³/mol.